The number of hydrogen-bond donors (Lipinski definition) is 0. The normalized spacial score (nSPS) is 11.1. The lowest BCUT2D eigenvalue weighted by atomic mass is 10.0. The van der Waals surface area contributed by atoms with Crippen LogP contribution in [-0.2, 0) is 0 Å². The third-order valence-corrected chi connectivity index (χ3v) is 3.35. The first kappa shape index (κ1) is 18.0. The monoisotopic (exact) mass is 338 g/mol. The molecule has 0 heterocycles. The minimum atomic E-state index is -0.487. The molecule has 0 bridgehead atoms. The van der Waals surface area contributed by atoms with E-state index in [1.54, 1.807) is 43.5 Å². The van der Waals surface area contributed by atoms with Crippen molar-refractivity contribution in [2.75, 3.05) is 7.11 Å². The van der Waals surface area contributed by atoms with Crippen LogP contribution in [0.25, 0.3) is 11.6 Å². The van der Waals surface area contributed by atoms with E-state index in [1.165, 1.54) is 12.1 Å². The predicted molar refractivity (Wildman–Crippen MR) is 95.3 cm³/mol. The SMILES string of the molecule is COc1cc(C=C(C#N)c2cccc([N+](=O)[O-])c2)ccc1OC(C)C. The van der Waals surface area contributed by atoms with E-state index >= 15 is 0 Å². The lowest BCUT2D eigenvalue weighted by Gasteiger charge is -2.14. The zero-order valence-corrected chi connectivity index (χ0v) is 14.2. The molecule has 0 radical (unpaired) electrons. The first-order chi connectivity index (χ1) is 11.9. The third-order valence-electron chi connectivity index (χ3n) is 3.35. The first-order valence-corrected chi connectivity index (χ1v) is 7.66. The van der Waals surface area contributed by atoms with Gasteiger partial charge >= 0.3 is 0 Å². The Morgan fingerprint density at radius 3 is 2.60 bits per heavy atom. The average molecular weight is 338 g/mol. The van der Waals surface area contributed by atoms with E-state index in [4.69, 9.17) is 9.47 Å². The second-order valence-corrected chi connectivity index (χ2v) is 5.55. The summed E-state index contributed by atoms with van der Waals surface area (Å²) in [6, 6.07) is 13.4. The summed E-state index contributed by atoms with van der Waals surface area (Å²) in [5.41, 5.74) is 1.48. The van der Waals surface area contributed by atoms with Crippen LogP contribution in [-0.4, -0.2) is 18.1 Å². The largest absolute Gasteiger partial charge is 0.493 e. The highest BCUT2D eigenvalue weighted by molar-refractivity contribution is 5.90. The molecule has 0 atom stereocenters. The second-order valence-electron chi connectivity index (χ2n) is 5.55. The van der Waals surface area contributed by atoms with Gasteiger partial charge in [0.1, 0.15) is 0 Å². The van der Waals surface area contributed by atoms with Crippen molar-refractivity contribution in [3.05, 3.63) is 63.7 Å². The van der Waals surface area contributed by atoms with Crippen LogP contribution in [0.2, 0.25) is 0 Å². The van der Waals surface area contributed by atoms with Crippen LogP contribution in [0.4, 0.5) is 5.69 Å². The Morgan fingerprint density at radius 1 is 1.24 bits per heavy atom. The van der Waals surface area contributed by atoms with E-state index in [1.807, 2.05) is 13.8 Å². The minimum absolute atomic E-state index is 0.00910. The van der Waals surface area contributed by atoms with Crippen LogP contribution in [0.3, 0.4) is 0 Å². The van der Waals surface area contributed by atoms with Crippen molar-refractivity contribution in [1.29, 1.82) is 5.26 Å². The maximum Gasteiger partial charge on any atom is 0.270 e. The summed E-state index contributed by atoms with van der Waals surface area (Å²) in [5, 5.41) is 20.3. The fourth-order valence-corrected chi connectivity index (χ4v) is 2.26. The molecule has 25 heavy (non-hydrogen) atoms. The summed E-state index contributed by atoms with van der Waals surface area (Å²) in [7, 11) is 1.54. The number of allylic oxidation sites excluding steroid dienone is 1. The third kappa shape index (κ3) is 4.58. The number of benzene rings is 2. The van der Waals surface area contributed by atoms with Gasteiger partial charge in [-0.05, 0) is 43.2 Å². The Morgan fingerprint density at radius 2 is 2.00 bits per heavy atom. The quantitative estimate of drug-likeness (QED) is 0.336. The number of non-ortho nitro benzene ring substituents is 1. The van der Waals surface area contributed by atoms with Gasteiger partial charge in [0, 0.05) is 12.1 Å². The van der Waals surface area contributed by atoms with Crippen molar-refractivity contribution < 1.29 is 14.4 Å². The van der Waals surface area contributed by atoms with Gasteiger partial charge in [-0.2, -0.15) is 5.26 Å². The summed E-state index contributed by atoms with van der Waals surface area (Å²) < 4.78 is 11.0. The molecule has 0 aliphatic heterocycles. The van der Waals surface area contributed by atoms with Crippen molar-refractivity contribution in [2.45, 2.75) is 20.0 Å². The highest BCUT2D eigenvalue weighted by Gasteiger charge is 2.10. The van der Waals surface area contributed by atoms with Crippen molar-refractivity contribution in [3.63, 3.8) is 0 Å². The summed E-state index contributed by atoms with van der Waals surface area (Å²) in [5.74, 6) is 1.17. The first-order valence-electron chi connectivity index (χ1n) is 7.66. The van der Waals surface area contributed by atoms with E-state index in [-0.39, 0.29) is 11.8 Å². The molecular weight excluding hydrogens is 320 g/mol. The smallest absolute Gasteiger partial charge is 0.270 e. The zero-order chi connectivity index (χ0) is 18.4. The van der Waals surface area contributed by atoms with Crippen LogP contribution in [0, 0.1) is 21.4 Å². The predicted octanol–water partition coefficient (Wildman–Crippen LogP) is 4.45. The summed E-state index contributed by atoms with van der Waals surface area (Å²) >= 11 is 0. The molecule has 0 amide bonds. The highest BCUT2D eigenvalue weighted by atomic mass is 16.6. The minimum Gasteiger partial charge on any atom is -0.493 e. The fourth-order valence-electron chi connectivity index (χ4n) is 2.26. The van der Waals surface area contributed by atoms with Crippen molar-refractivity contribution >= 4 is 17.3 Å². The summed E-state index contributed by atoms with van der Waals surface area (Å²) in [6.07, 6.45) is 1.66. The van der Waals surface area contributed by atoms with E-state index in [2.05, 4.69) is 6.07 Å². The van der Waals surface area contributed by atoms with Crippen LogP contribution in [0.15, 0.2) is 42.5 Å². The maximum absolute atomic E-state index is 10.9. The summed E-state index contributed by atoms with van der Waals surface area (Å²) in [6.45, 7) is 3.84. The van der Waals surface area contributed by atoms with Gasteiger partial charge in [-0.1, -0.05) is 18.2 Å². The number of rotatable bonds is 6. The maximum atomic E-state index is 10.9. The topological polar surface area (TPSA) is 85.4 Å². The molecule has 0 aliphatic rings. The average Bonchev–Trinajstić information content (AvgIpc) is 2.60. The van der Waals surface area contributed by atoms with Gasteiger partial charge in [0.2, 0.25) is 0 Å². The molecule has 0 saturated heterocycles. The van der Waals surface area contributed by atoms with Gasteiger partial charge in [0.15, 0.2) is 11.5 Å². The van der Waals surface area contributed by atoms with Gasteiger partial charge in [-0.15, -0.1) is 0 Å². The zero-order valence-electron chi connectivity index (χ0n) is 14.2. The molecule has 0 fully saturated rings. The highest BCUT2D eigenvalue weighted by Crippen LogP contribution is 2.31. The lowest BCUT2D eigenvalue weighted by Crippen LogP contribution is -2.06. The Kier molecular flexibility index (Phi) is 5.75. The fraction of sp³-hybridized carbons (Fsp3) is 0.211. The van der Waals surface area contributed by atoms with E-state index in [9.17, 15) is 15.4 Å². The molecule has 2 rings (SSSR count). The van der Waals surface area contributed by atoms with Crippen LogP contribution in [0.1, 0.15) is 25.0 Å². The molecule has 0 unspecified atom stereocenters. The molecule has 0 aromatic heterocycles. The van der Waals surface area contributed by atoms with Crippen LogP contribution < -0.4 is 9.47 Å². The number of nitriles is 1. The number of ether oxygens (including phenoxy) is 2. The van der Waals surface area contributed by atoms with Gasteiger partial charge in [-0.25, -0.2) is 0 Å². The van der Waals surface area contributed by atoms with E-state index in [0.717, 1.165) is 5.56 Å². The molecule has 128 valence electrons. The van der Waals surface area contributed by atoms with Gasteiger partial charge in [-0.3, -0.25) is 10.1 Å². The number of nitro groups is 1. The number of methoxy groups -OCH3 is 1. The Balaban J connectivity index is 2.41. The van der Waals surface area contributed by atoms with Crippen LogP contribution in [0.5, 0.6) is 11.5 Å². The van der Waals surface area contributed by atoms with Crippen molar-refractivity contribution in [2.24, 2.45) is 0 Å². The molecule has 0 aliphatic carbocycles. The molecule has 6 nitrogen and oxygen atoms in total. The Bertz CT molecular complexity index is 851. The molecule has 0 N–H and O–H groups in total. The molecule has 0 saturated carbocycles. The summed E-state index contributed by atoms with van der Waals surface area (Å²) in [4.78, 5) is 10.4. The van der Waals surface area contributed by atoms with E-state index < -0.39 is 4.92 Å². The second kappa shape index (κ2) is 7.97. The number of nitro benzene ring substituents is 1. The molecule has 6 heteroatoms. The Labute approximate surface area is 146 Å². The number of hydrogen-bond acceptors (Lipinski definition) is 5. The number of nitrogens with zero attached hydrogens (tertiary/aromatic N) is 2. The van der Waals surface area contributed by atoms with Crippen LogP contribution >= 0.6 is 0 Å². The van der Waals surface area contributed by atoms with Gasteiger partial charge in [0.05, 0.1) is 29.8 Å². The van der Waals surface area contributed by atoms with Gasteiger partial charge in [0.25, 0.3) is 5.69 Å². The molecule has 2 aromatic rings. The van der Waals surface area contributed by atoms with Gasteiger partial charge < -0.3 is 9.47 Å². The van der Waals surface area contributed by atoms with E-state index in [0.29, 0.717) is 22.6 Å². The van der Waals surface area contributed by atoms with Crippen molar-refractivity contribution in [3.8, 4) is 17.6 Å². The molecular formula is C19H18N2O4. The molecule has 2 aromatic carbocycles. The lowest BCUT2D eigenvalue weighted by molar-refractivity contribution is -0.384. The molecule has 0 spiro atoms. The Hall–Kier alpha value is -3.33. The van der Waals surface area contributed by atoms with Crippen molar-refractivity contribution in [1.82, 2.24) is 0 Å². The standard InChI is InChI=1S/C19H18N2O4/c1-13(2)25-18-8-7-14(10-19(18)24-3)9-16(12-20)15-5-4-6-17(11-15)21(22)23/h4-11,13H,1-3H3.